The maximum absolute atomic E-state index is 14.0. The molecule has 2 amide bonds. The van der Waals surface area contributed by atoms with E-state index in [1.807, 2.05) is 42.6 Å². The van der Waals surface area contributed by atoms with Crippen LogP contribution >= 0.6 is 0 Å². The first kappa shape index (κ1) is 21.4. The zero-order valence-electron chi connectivity index (χ0n) is 16.6. The second-order valence-electron chi connectivity index (χ2n) is 7.14. The van der Waals surface area contributed by atoms with Gasteiger partial charge in [0.15, 0.2) is 5.82 Å². The molecule has 2 heterocycles. The van der Waals surface area contributed by atoms with Gasteiger partial charge in [-0.05, 0) is 41.8 Å². The Balaban J connectivity index is 1.37. The number of alkyl halides is 3. The van der Waals surface area contributed by atoms with E-state index in [4.69, 9.17) is 0 Å². The number of anilines is 1. The number of fused-ring (bicyclic) bond motifs is 1. The number of aromatic amines is 1. The number of carbonyl (C=O) groups is 1. The van der Waals surface area contributed by atoms with E-state index in [1.165, 1.54) is 0 Å². The molecule has 0 unspecified atom stereocenters. The number of amides is 2. The van der Waals surface area contributed by atoms with Crippen molar-refractivity contribution in [1.29, 1.82) is 0 Å². The molecule has 2 aromatic carbocycles. The summed E-state index contributed by atoms with van der Waals surface area (Å²) in [4.78, 5) is 19.4. The highest BCUT2D eigenvalue weighted by atomic mass is 19.4. The molecule has 4 rings (SSSR count). The zero-order chi connectivity index (χ0) is 22.7. The number of halogens is 4. The quantitative estimate of drug-likeness (QED) is 0.345. The van der Waals surface area contributed by atoms with Gasteiger partial charge in [-0.15, -0.1) is 0 Å². The number of carbonyl (C=O) groups excluding carboxylic acids is 1. The van der Waals surface area contributed by atoms with E-state index in [2.05, 4.69) is 20.6 Å². The highest BCUT2D eigenvalue weighted by Gasteiger charge is 2.35. The van der Waals surface area contributed by atoms with Crippen molar-refractivity contribution in [2.45, 2.75) is 12.6 Å². The third kappa shape index (κ3) is 4.72. The lowest BCUT2D eigenvalue weighted by atomic mass is 10.0. The van der Waals surface area contributed by atoms with Gasteiger partial charge in [0.1, 0.15) is 5.65 Å². The summed E-state index contributed by atoms with van der Waals surface area (Å²) in [5, 5.41) is 5.65. The lowest BCUT2D eigenvalue weighted by Crippen LogP contribution is -2.31. The van der Waals surface area contributed by atoms with Crippen LogP contribution in [0.2, 0.25) is 0 Å². The fourth-order valence-corrected chi connectivity index (χ4v) is 3.34. The summed E-state index contributed by atoms with van der Waals surface area (Å²) in [5.41, 5.74) is 1.70. The maximum Gasteiger partial charge on any atom is 0.419 e. The normalized spacial score (nSPS) is 11.5. The average molecular weight is 442 g/mol. The van der Waals surface area contributed by atoms with Crippen LogP contribution in [0.3, 0.4) is 0 Å². The number of hydrogen-bond acceptors (Lipinski definition) is 2. The summed E-state index contributed by atoms with van der Waals surface area (Å²) >= 11 is 0. The van der Waals surface area contributed by atoms with Crippen LogP contribution in [-0.2, 0) is 12.6 Å². The summed E-state index contributed by atoms with van der Waals surface area (Å²) in [5.74, 6) is -1.52. The molecular weight excluding hydrogens is 424 g/mol. The van der Waals surface area contributed by atoms with Gasteiger partial charge in [-0.25, -0.2) is 14.2 Å². The van der Waals surface area contributed by atoms with Gasteiger partial charge in [0.25, 0.3) is 0 Å². The minimum Gasteiger partial charge on any atom is -0.346 e. The van der Waals surface area contributed by atoms with Crippen LogP contribution in [0.4, 0.5) is 28.0 Å². The monoisotopic (exact) mass is 442 g/mol. The molecule has 0 saturated heterocycles. The Labute approximate surface area is 180 Å². The van der Waals surface area contributed by atoms with Gasteiger partial charge in [-0.3, -0.25) is 0 Å². The molecule has 0 radical (unpaired) electrons. The van der Waals surface area contributed by atoms with E-state index in [0.29, 0.717) is 12.5 Å². The smallest absolute Gasteiger partial charge is 0.346 e. The van der Waals surface area contributed by atoms with Crippen LogP contribution in [0.15, 0.2) is 67.0 Å². The van der Waals surface area contributed by atoms with E-state index < -0.39 is 29.3 Å². The maximum atomic E-state index is 14.0. The van der Waals surface area contributed by atoms with E-state index in [0.717, 1.165) is 39.9 Å². The first-order valence-electron chi connectivity index (χ1n) is 9.74. The second-order valence-corrected chi connectivity index (χ2v) is 7.14. The molecule has 0 aliphatic heterocycles. The Kier molecular flexibility index (Phi) is 5.81. The van der Waals surface area contributed by atoms with Crippen molar-refractivity contribution in [3.05, 3.63) is 83.9 Å². The first-order valence-corrected chi connectivity index (χ1v) is 9.74. The number of nitrogens with one attached hydrogen (secondary N) is 3. The number of urea groups is 1. The van der Waals surface area contributed by atoms with E-state index in [1.54, 1.807) is 6.20 Å². The average Bonchev–Trinajstić information content (AvgIpc) is 3.22. The van der Waals surface area contributed by atoms with E-state index in [-0.39, 0.29) is 6.54 Å². The molecule has 4 aromatic rings. The van der Waals surface area contributed by atoms with Crippen LogP contribution in [-0.4, -0.2) is 22.5 Å². The molecule has 5 nitrogen and oxygen atoms in total. The Hall–Kier alpha value is -3.88. The molecule has 9 heteroatoms. The van der Waals surface area contributed by atoms with Crippen LogP contribution in [0.1, 0.15) is 11.1 Å². The number of nitrogens with zero attached hydrogens (tertiary/aromatic N) is 1. The molecule has 32 heavy (non-hydrogen) atoms. The predicted molar refractivity (Wildman–Crippen MR) is 114 cm³/mol. The third-order valence-corrected chi connectivity index (χ3v) is 4.91. The molecule has 2 aromatic heterocycles. The van der Waals surface area contributed by atoms with Crippen LogP contribution in [0.25, 0.3) is 22.2 Å². The molecule has 0 atom stereocenters. The molecule has 0 spiro atoms. The van der Waals surface area contributed by atoms with Crippen molar-refractivity contribution >= 4 is 22.8 Å². The van der Waals surface area contributed by atoms with Gasteiger partial charge in [-0.2, -0.15) is 13.2 Å². The Morgan fingerprint density at radius 2 is 1.84 bits per heavy atom. The largest absolute Gasteiger partial charge is 0.419 e. The summed E-state index contributed by atoms with van der Waals surface area (Å²) in [6.07, 6.45) is -0.774. The standard InChI is InChI=1S/C23H18F4N4O/c24-20-18(23(25,26)27)5-2-6-19(20)31-22(32)29-9-7-14-3-1-4-15(11-14)17-12-16-8-10-28-21(16)30-13-17/h1-6,8,10-13H,7,9H2,(H,28,30)(H2,29,31,32). The van der Waals surface area contributed by atoms with Crippen molar-refractivity contribution in [1.82, 2.24) is 15.3 Å². The third-order valence-electron chi connectivity index (χ3n) is 4.91. The molecule has 0 aliphatic rings. The minimum absolute atomic E-state index is 0.213. The molecule has 0 aliphatic carbocycles. The van der Waals surface area contributed by atoms with Crippen molar-refractivity contribution in [2.75, 3.05) is 11.9 Å². The topological polar surface area (TPSA) is 69.8 Å². The van der Waals surface area contributed by atoms with Crippen LogP contribution in [0, 0.1) is 5.82 Å². The van der Waals surface area contributed by atoms with Gasteiger partial charge >= 0.3 is 12.2 Å². The van der Waals surface area contributed by atoms with Gasteiger partial charge in [0, 0.05) is 29.9 Å². The number of rotatable bonds is 5. The van der Waals surface area contributed by atoms with Crippen LogP contribution in [0.5, 0.6) is 0 Å². The molecular formula is C23H18F4N4O. The number of H-pyrrole nitrogens is 1. The molecule has 0 bridgehead atoms. The lowest BCUT2D eigenvalue weighted by Gasteiger charge is -2.13. The Morgan fingerprint density at radius 1 is 1.03 bits per heavy atom. The van der Waals surface area contributed by atoms with Gasteiger partial charge in [0.05, 0.1) is 11.3 Å². The van der Waals surface area contributed by atoms with Crippen molar-refractivity contribution in [3.63, 3.8) is 0 Å². The second kappa shape index (κ2) is 8.70. The van der Waals surface area contributed by atoms with E-state index >= 15 is 0 Å². The van der Waals surface area contributed by atoms with E-state index in [9.17, 15) is 22.4 Å². The summed E-state index contributed by atoms with van der Waals surface area (Å²) in [7, 11) is 0. The summed E-state index contributed by atoms with van der Waals surface area (Å²) in [6, 6.07) is 13.6. The summed E-state index contributed by atoms with van der Waals surface area (Å²) in [6.45, 7) is 0.213. The Bertz CT molecular complexity index is 1270. The molecule has 0 fully saturated rings. The number of hydrogen-bond donors (Lipinski definition) is 3. The number of pyridine rings is 1. The highest BCUT2D eigenvalue weighted by molar-refractivity contribution is 5.89. The van der Waals surface area contributed by atoms with Crippen molar-refractivity contribution in [2.24, 2.45) is 0 Å². The van der Waals surface area contributed by atoms with Crippen molar-refractivity contribution in [3.8, 4) is 11.1 Å². The molecule has 0 saturated carbocycles. The fourth-order valence-electron chi connectivity index (χ4n) is 3.34. The minimum atomic E-state index is -4.84. The van der Waals surface area contributed by atoms with Gasteiger partial charge in [0.2, 0.25) is 0 Å². The Morgan fingerprint density at radius 3 is 2.66 bits per heavy atom. The van der Waals surface area contributed by atoms with Gasteiger partial charge < -0.3 is 15.6 Å². The molecule has 164 valence electrons. The van der Waals surface area contributed by atoms with Gasteiger partial charge in [-0.1, -0.05) is 30.3 Å². The highest BCUT2D eigenvalue weighted by Crippen LogP contribution is 2.33. The predicted octanol–water partition coefficient (Wildman–Crippen LogP) is 5.75. The van der Waals surface area contributed by atoms with Crippen LogP contribution < -0.4 is 10.6 Å². The zero-order valence-corrected chi connectivity index (χ0v) is 16.6. The molecule has 3 N–H and O–H groups in total. The number of benzene rings is 2. The number of aromatic nitrogens is 2. The summed E-state index contributed by atoms with van der Waals surface area (Å²) < 4.78 is 52.4. The lowest BCUT2D eigenvalue weighted by molar-refractivity contribution is -0.139. The first-order chi connectivity index (χ1) is 15.3. The van der Waals surface area contributed by atoms with Crippen molar-refractivity contribution < 1.29 is 22.4 Å². The SMILES string of the molecule is O=C(NCCc1cccc(-c2cnc3[nH]ccc3c2)c1)Nc1cccc(C(F)(F)F)c1F. The fraction of sp³-hybridized carbons (Fsp3) is 0.130.